The Bertz CT molecular complexity index is 1120. The molecule has 3 N–H and O–H groups in total. The van der Waals surface area contributed by atoms with Gasteiger partial charge in [0.1, 0.15) is 0 Å². The van der Waals surface area contributed by atoms with E-state index in [2.05, 4.69) is 20.8 Å². The van der Waals surface area contributed by atoms with Gasteiger partial charge in [-0.2, -0.15) is 0 Å². The second kappa shape index (κ2) is 19.9. The molecule has 0 aromatic rings. The van der Waals surface area contributed by atoms with Gasteiger partial charge >= 0.3 is 0 Å². The number of ketones is 1. The monoisotopic (exact) mass is 707 g/mol. The Morgan fingerprint density at radius 3 is 2.08 bits per heavy atom. The van der Waals surface area contributed by atoms with Crippen molar-refractivity contribution in [2.75, 3.05) is 0 Å². The molecular formula is C41H70O9-2. The summed E-state index contributed by atoms with van der Waals surface area (Å²) in [5.74, 6) is -1.73. The number of allylic oxidation sites excluding steroid dienone is 3. The Kier molecular flexibility index (Phi) is 17.7. The first-order chi connectivity index (χ1) is 23.2. The van der Waals surface area contributed by atoms with Crippen LogP contribution in [0.3, 0.4) is 0 Å². The van der Waals surface area contributed by atoms with Crippen LogP contribution < -0.4 is 10.2 Å². The molecule has 14 atom stereocenters. The van der Waals surface area contributed by atoms with Crippen molar-refractivity contribution in [3.8, 4) is 0 Å². The number of aliphatic hydroxyl groups excluding tert-OH is 3. The lowest BCUT2D eigenvalue weighted by Gasteiger charge is -2.35. The first kappa shape index (κ1) is 44.4. The third-order valence-electron chi connectivity index (χ3n) is 11.9. The van der Waals surface area contributed by atoms with Crippen molar-refractivity contribution in [1.29, 1.82) is 0 Å². The number of hydrogen-bond donors (Lipinski definition) is 3. The highest BCUT2D eigenvalue weighted by Crippen LogP contribution is 2.45. The molecule has 0 amide bonds. The second-order valence-electron chi connectivity index (χ2n) is 17.1. The fraction of sp³-hybridized carbons (Fsp3) is 0.854. The van der Waals surface area contributed by atoms with Crippen molar-refractivity contribution < 1.29 is 44.6 Å². The molecule has 0 aromatic heterocycles. The van der Waals surface area contributed by atoms with E-state index in [1.165, 1.54) is 6.08 Å². The normalized spacial score (nSPS) is 30.7. The van der Waals surface area contributed by atoms with Gasteiger partial charge in [-0.1, -0.05) is 60.6 Å². The van der Waals surface area contributed by atoms with Gasteiger partial charge in [0.15, 0.2) is 5.78 Å². The maximum Gasteiger partial charge on any atom is 0.157 e. The van der Waals surface area contributed by atoms with Crippen LogP contribution in [0, 0.1) is 41.4 Å². The molecule has 50 heavy (non-hydrogen) atoms. The highest BCUT2D eigenvalue weighted by atomic mass is 16.6. The van der Waals surface area contributed by atoms with E-state index in [0.29, 0.717) is 25.7 Å². The minimum atomic E-state index is -1.04. The van der Waals surface area contributed by atoms with E-state index in [9.17, 15) is 35.1 Å². The first-order valence-corrected chi connectivity index (χ1v) is 19.4. The Balaban J connectivity index is 1.77. The fourth-order valence-corrected chi connectivity index (χ4v) is 8.00. The Morgan fingerprint density at radius 1 is 0.840 bits per heavy atom. The number of carboxylic acid groups (broad SMARTS) is 1. The van der Waals surface area contributed by atoms with Gasteiger partial charge in [-0.15, -0.1) is 5.76 Å². The van der Waals surface area contributed by atoms with Crippen LogP contribution in [0.15, 0.2) is 24.0 Å². The van der Waals surface area contributed by atoms with Gasteiger partial charge in [0, 0.05) is 23.7 Å². The number of carboxylic acids is 1. The molecule has 290 valence electrons. The van der Waals surface area contributed by atoms with Crippen LogP contribution in [0.5, 0.6) is 0 Å². The van der Waals surface area contributed by atoms with Crippen molar-refractivity contribution in [2.45, 2.75) is 182 Å². The van der Waals surface area contributed by atoms with Gasteiger partial charge in [0.25, 0.3) is 0 Å². The zero-order chi connectivity index (χ0) is 38.0. The van der Waals surface area contributed by atoms with Crippen molar-refractivity contribution in [1.82, 2.24) is 0 Å². The SMILES string of the molecule is C[C@H](CCC(=O)[O-])C[C@H](C)C[C@H](C)C(=O)/C=C(\[O-])[C@H](C)C[C@H](C)C/C=C/[C@@H](C)[C@@H](O)[C@@H](C)[C@@H](O)C[C@@H]1CC[C@@](C)([C@H]2CC[C@@](C)([C@@H](C)O)O2)O1. The molecule has 0 bridgehead atoms. The van der Waals surface area contributed by atoms with Crippen molar-refractivity contribution in [3.05, 3.63) is 24.0 Å². The fourth-order valence-electron chi connectivity index (χ4n) is 8.00. The standard InChI is InChI=1S/C41H72O9/c1-25(21-29(5)34(43)24-35(44)30(6)22-27(3)20-26(2)14-15-38(46)47)12-11-13-28(4)39(48)31(7)36(45)23-33-16-18-41(10,49-33)37-17-19-40(9,50-37)32(8)42/h11,13,24-33,36-37,39,42-43,45,48H,12,14-23H2,1-10H3,(H,46,47)/p-2/b13-11+,34-24-/t25-,26-,27+,28-,29-,30+,31+,32-,33+,36+,37-,39-,40+,41+/m1/s1. The van der Waals surface area contributed by atoms with Gasteiger partial charge in [-0.25, -0.2) is 0 Å². The number of carbonyl (C=O) groups is 2. The number of hydrogen-bond acceptors (Lipinski definition) is 9. The summed E-state index contributed by atoms with van der Waals surface area (Å²) < 4.78 is 12.7. The Labute approximate surface area is 302 Å². The molecule has 2 rings (SSSR count). The molecule has 2 aliphatic heterocycles. The van der Waals surface area contributed by atoms with Gasteiger partial charge in [0.05, 0.1) is 41.7 Å². The smallest absolute Gasteiger partial charge is 0.157 e. The van der Waals surface area contributed by atoms with Crippen LogP contribution in [-0.4, -0.2) is 68.8 Å². The lowest BCUT2D eigenvalue weighted by molar-refractivity contribution is -0.315. The van der Waals surface area contributed by atoms with Crippen LogP contribution in [-0.2, 0) is 19.1 Å². The quantitative estimate of drug-likeness (QED) is 0.0775. The third-order valence-corrected chi connectivity index (χ3v) is 11.9. The number of aliphatic carboxylic acids is 1. The Morgan fingerprint density at radius 2 is 1.48 bits per heavy atom. The predicted octanol–water partition coefficient (Wildman–Crippen LogP) is 5.27. The summed E-state index contributed by atoms with van der Waals surface area (Å²) in [6.07, 6.45) is 10.2. The van der Waals surface area contributed by atoms with Crippen LogP contribution >= 0.6 is 0 Å². The lowest BCUT2D eigenvalue weighted by atomic mass is 9.85. The molecule has 0 aromatic carbocycles. The van der Waals surface area contributed by atoms with Gasteiger partial charge in [0.2, 0.25) is 0 Å². The van der Waals surface area contributed by atoms with Crippen molar-refractivity contribution in [3.63, 3.8) is 0 Å². The zero-order valence-corrected chi connectivity index (χ0v) is 32.7. The van der Waals surface area contributed by atoms with E-state index in [1.807, 2.05) is 53.7 Å². The van der Waals surface area contributed by atoms with E-state index in [4.69, 9.17) is 9.47 Å². The van der Waals surface area contributed by atoms with Gasteiger partial charge in [-0.05, 0) is 121 Å². The minimum Gasteiger partial charge on any atom is -0.875 e. The number of aliphatic hydroxyl groups is 3. The van der Waals surface area contributed by atoms with Crippen LogP contribution in [0.4, 0.5) is 0 Å². The molecule has 0 aliphatic carbocycles. The molecule has 0 spiro atoms. The average Bonchev–Trinajstić information content (AvgIpc) is 3.63. The maximum absolute atomic E-state index is 12.9. The highest BCUT2D eigenvalue weighted by molar-refractivity contribution is 5.91. The van der Waals surface area contributed by atoms with E-state index in [0.717, 1.165) is 38.5 Å². The summed E-state index contributed by atoms with van der Waals surface area (Å²) >= 11 is 0. The van der Waals surface area contributed by atoms with E-state index in [1.54, 1.807) is 6.92 Å². The first-order valence-electron chi connectivity index (χ1n) is 19.4. The molecule has 0 unspecified atom stereocenters. The molecule has 2 heterocycles. The molecule has 9 heteroatoms. The predicted molar refractivity (Wildman–Crippen MR) is 192 cm³/mol. The largest absolute Gasteiger partial charge is 0.875 e. The molecule has 9 nitrogen and oxygen atoms in total. The highest BCUT2D eigenvalue weighted by Gasteiger charge is 2.51. The maximum atomic E-state index is 12.9. The summed E-state index contributed by atoms with van der Waals surface area (Å²) in [5, 5.41) is 55.9. The summed E-state index contributed by atoms with van der Waals surface area (Å²) in [7, 11) is 0. The number of rotatable bonds is 22. The minimum absolute atomic E-state index is 0.0441. The number of ether oxygens (including phenoxy) is 2. The third kappa shape index (κ3) is 13.6. The molecule has 2 aliphatic rings. The van der Waals surface area contributed by atoms with Gasteiger partial charge < -0.3 is 39.8 Å². The van der Waals surface area contributed by atoms with Crippen LogP contribution in [0.2, 0.25) is 0 Å². The Hall–Kier alpha value is -1.78. The molecule has 2 fully saturated rings. The molecular weight excluding hydrogens is 636 g/mol. The summed E-state index contributed by atoms with van der Waals surface area (Å²) in [4.78, 5) is 23.5. The van der Waals surface area contributed by atoms with Crippen molar-refractivity contribution in [2.24, 2.45) is 41.4 Å². The van der Waals surface area contributed by atoms with Crippen LogP contribution in [0.1, 0.15) is 140 Å². The van der Waals surface area contributed by atoms with E-state index < -0.39 is 35.5 Å². The summed E-state index contributed by atoms with van der Waals surface area (Å²) in [6.45, 7) is 19.4. The van der Waals surface area contributed by atoms with Gasteiger partial charge in [-0.3, -0.25) is 4.79 Å². The molecule has 0 radical (unpaired) electrons. The van der Waals surface area contributed by atoms with Crippen molar-refractivity contribution >= 4 is 11.8 Å². The zero-order valence-electron chi connectivity index (χ0n) is 32.7. The summed E-state index contributed by atoms with van der Waals surface area (Å²) in [5.41, 5.74) is -1.02. The topological polar surface area (TPSA) is 159 Å². The lowest BCUT2D eigenvalue weighted by Crippen LogP contribution is -2.44. The second-order valence-corrected chi connectivity index (χ2v) is 17.1. The van der Waals surface area contributed by atoms with E-state index >= 15 is 0 Å². The average molecular weight is 707 g/mol. The number of carbonyl (C=O) groups excluding carboxylic acids is 2. The van der Waals surface area contributed by atoms with E-state index in [-0.39, 0.29) is 71.6 Å². The summed E-state index contributed by atoms with van der Waals surface area (Å²) in [6, 6.07) is 0. The molecule has 2 saturated heterocycles. The molecule has 0 saturated carbocycles. The van der Waals surface area contributed by atoms with Crippen LogP contribution in [0.25, 0.3) is 0 Å².